The van der Waals surface area contributed by atoms with Crippen LogP contribution in [0.2, 0.25) is 0 Å². The van der Waals surface area contributed by atoms with Gasteiger partial charge in [-0.2, -0.15) is 0 Å². The Labute approximate surface area is 124 Å². The van der Waals surface area contributed by atoms with Gasteiger partial charge < -0.3 is 14.7 Å². The normalized spacial score (nSPS) is 13.1. The Hall–Kier alpha value is -0.770. The molecule has 1 N–H and O–H groups in total. The molecule has 0 fully saturated rings. The third-order valence-electron chi connectivity index (χ3n) is 3.08. The lowest BCUT2D eigenvalue weighted by Crippen LogP contribution is -2.37. The smallest absolute Gasteiger partial charge is 0.410 e. The van der Waals surface area contributed by atoms with E-state index in [1.54, 1.807) is 4.90 Å². The molecule has 0 saturated heterocycles. The van der Waals surface area contributed by atoms with Gasteiger partial charge in [0, 0.05) is 13.1 Å². The van der Waals surface area contributed by atoms with Crippen LogP contribution in [0.25, 0.3) is 0 Å². The number of amides is 1. The van der Waals surface area contributed by atoms with Crippen molar-refractivity contribution in [2.24, 2.45) is 0 Å². The topological polar surface area (TPSA) is 49.8 Å². The van der Waals surface area contributed by atoms with Gasteiger partial charge in [0.1, 0.15) is 5.60 Å². The number of ether oxygens (including phenoxy) is 1. The Morgan fingerprint density at radius 2 is 1.80 bits per heavy atom. The number of aliphatic hydroxyl groups is 1. The van der Waals surface area contributed by atoms with Crippen molar-refractivity contribution in [3.05, 3.63) is 0 Å². The fourth-order valence-electron chi connectivity index (χ4n) is 1.95. The molecular weight excluding hydrogens is 254 g/mol. The van der Waals surface area contributed by atoms with Gasteiger partial charge >= 0.3 is 6.09 Å². The van der Waals surface area contributed by atoms with Gasteiger partial charge in [-0.3, -0.25) is 0 Å². The van der Waals surface area contributed by atoms with Crippen LogP contribution in [0.5, 0.6) is 0 Å². The highest BCUT2D eigenvalue weighted by Crippen LogP contribution is 2.12. The Morgan fingerprint density at radius 1 is 1.15 bits per heavy atom. The van der Waals surface area contributed by atoms with Gasteiger partial charge in [0.2, 0.25) is 0 Å². The van der Waals surface area contributed by atoms with Crippen LogP contribution in [-0.2, 0) is 4.74 Å². The van der Waals surface area contributed by atoms with E-state index in [0.717, 1.165) is 51.6 Å². The Bertz CT molecular complexity index is 261. The Morgan fingerprint density at radius 3 is 2.30 bits per heavy atom. The highest BCUT2D eigenvalue weighted by molar-refractivity contribution is 5.68. The van der Waals surface area contributed by atoms with E-state index in [-0.39, 0.29) is 12.2 Å². The largest absolute Gasteiger partial charge is 0.444 e. The third-order valence-corrected chi connectivity index (χ3v) is 3.08. The van der Waals surface area contributed by atoms with Gasteiger partial charge in [-0.05, 0) is 46.5 Å². The minimum atomic E-state index is -0.436. The first kappa shape index (κ1) is 19.2. The molecule has 4 heteroatoms. The van der Waals surface area contributed by atoms with E-state index >= 15 is 0 Å². The van der Waals surface area contributed by atoms with Crippen LogP contribution >= 0.6 is 0 Å². The zero-order valence-electron chi connectivity index (χ0n) is 13.9. The number of carbonyl (C=O) groups is 1. The van der Waals surface area contributed by atoms with E-state index < -0.39 is 5.60 Å². The molecule has 0 saturated carbocycles. The van der Waals surface area contributed by atoms with E-state index in [1.165, 1.54) is 0 Å². The molecule has 0 aliphatic rings. The van der Waals surface area contributed by atoms with Crippen LogP contribution in [0.3, 0.4) is 0 Å². The maximum absolute atomic E-state index is 12.0. The maximum atomic E-state index is 12.0. The molecule has 0 spiro atoms. The second kappa shape index (κ2) is 10.0. The lowest BCUT2D eigenvalue weighted by atomic mass is 10.1. The average molecular weight is 287 g/mol. The summed E-state index contributed by atoms with van der Waals surface area (Å²) in [4.78, 5) is 13.8. The van der Waals surface area contributed by atoms with Crippen LogP contribution < -0.4 is 0 Å². The van der Waals surface area contributed by atoms with Gasteiger partial charge in [-0.1, -0.05) is 26.7 Å². The summed E-state index contributed by atoms with van der Waals surface area (Å²) in [6.07, 6.45) is 5.25. The van der Waals surface area contributed by atoms with Crippen LogP contribution in [0.15, 0.2) is 0 Å². The van der Waals surface area contributed by atoms with Crippen LogP contribution in [0, 0.1) is 0 Å². The molecule has 0 aromatic carbocycles. The van der Waals surface area contributed by atoms with Crippen molar-refractivity contribution in [1.29, 1.82) is 0 Å². The molecule has 0 aliphatic carbocycles. The first-order valence-corrected chi connectivity index (χ1v) is 7.96. The van der Waals surface area contributed by atoms with Crippen molar-refractivity contribution in [2.75, 3.05) is 13.1 Å². The van der Waals surface area contributed by atoms with E-state index in [9.17, 15) is 9.90 Å². The quantitative estimate of drug-likeness (QED) is 0.653. The van der Waals surface area contributed by atoms with E-state index in [2.05, 4.69) is 6.92 Å². The summed E-state index contributed by atoms with van der Waals surface area (Å²) in [7, 11) is 0. The van der Waals surface area contributed by atoms with Gasteiger partial charge in [-0.25, -0.2) is 4.79 Å². The highest BCUT2D eigenvalue weighted by Gasteiger charge is 2.21. The van der Waals surface area contributed by atoms with Gasteiger partial charge in [0.25, 0.3) is 0 Å². The summed E-state index contributed by atoms with van der Waals surface area (Å²) in [6.45, 7) is 11.2. The second-order valence-electron chi connectivity index (χ2n) is 6.38. The third kappa shape index (κ3) is 10.1. The second-order valence-corrected chi connectivity index (χ2v) is 6.38. The minimum absolute atomic E-state index is 0.174. The van der Waals surface area contributed by atoms with Crippen molar-refractivity contribution in [2.45, 2.75) is 84.8 Å². The molecule has 0 rings (SSSR count). The molecule has 0 aliphatic heterocycles. The summed E-state index contributed by atoms with van der Waals surface area (Å²) in [6, 6.07) is 0. The molecule has 20 heavy (non-hydrogen) atoms. The SMILES string of the molecule is CCCN(CCCCC[C@@H](O)CC)C(=O)OC(C)(C)C. The molecule has 0 bridgehead atoms. The number of hydrogen-bond acceptors (Lipinski definition) is 3. The number of carbonyl (C=O) groups excluding carboxylic acids is 1. The highest BCUT2D eigenvalue weighted by atomic mass is 16.6. The fourth-order valence-corrected chi connectivity index (χ4v) is 1.95. The van der Waals surface area contributed by atoms with E-state index in [0.29, 0.717) is 0 Å². The predicted octanol–water partition coefficient (Wildman–Crippen LogP) is 3.96. The molecular formula is C16H33NO3. The lowest BCUT2D eigenvalue weighted by molar-refractivity contribution is 0.0246. The number of rotatable bonds is 9. The minimum Gasteiger partial charge on any atom is -0.444 e. The molecule has 1 atom stereocenters. The van der Waals surface area contributed by atoms with Crippen molar-refractivity contribution in [3.8, 4) is 0 Å². The van der Waals surface area contributed by atoms with Crippen molar-refractivity contribution in [3.63, 3.8) is 0 Å². The van der Waals surface area contributed by atoms with Gasteiger partial charge in [0.15, 0.2) is 0 Å². The van der Waals surface area contributed by atoms with E-state index in [4.69, 9.17) is 4.74 Å². The maximum Gasteiger partial charge on any atom is 0.410 e. The average Bonchev–Trinajstić information content (AvgIpc) is 2.34. The van der Waals surface area contributed by atoms with Crippen LogP contribution in [-0.4, -0.2) is 40.9 Å². The first-order chi connectivity index (χ1) is 9.30. The zero-order chi connectivity index (χ0) is 15.6. The monoisotopic (exact) mass is 287 g/mol. The van der Waals surface area contributed by atoms with Crippen LogP contribution in [0.1, 0.15) is 73.1 Å². The summed E-state index contributed by atoms with van der Waals surface area (Å²) >= 11 is 0. The molecule has 0 radical (unpaired) electrons. The van der Waals surface area contributed by atoms with Crippen molar-refractivity contribution < 1.29 is 14.6 Å². The van der Waals surface area contributed by atoms with Crippen molar-refractivity contribution in [1.82, 2.24) is 4.90 Å². The predicted molar refractivity (Wildman–Crippen MR) is 82.9 cm³/mol. The molecule has 0 heterocycles. The molecule has 0 unspecified atom stereocenters. The summed E-state index contributed by atoms with van der Waals surface area (Å²) < 4.78 is 5.41. The molecule has 120 valence electrons. The molecule has 1 amide bonds. The lowest BCUT2D eigenvalue weighted by Gasteiger charge is -2.27. The van der Waals surface area contributed by atoms with E-state index in [1.807, 2.05) is 27.7 Å². The summed E-state index contributed by atoms with van der Waals surface area (Å²) in [5, 5.41) is 9.48. The molecule has 0 aromatic rings. The molecule has 0 aromatic heterocycles. The Kier molecular flexibility index (Phi) is 9.64. The number of hydrogen-bond donors (Lipinski definition) is 1. The first-order valence-electron chi connectivity index (χ1n) is 7.96. The van der Waals surface area contributed by atoms with Gasteiger partial charge in [-0.15, -0.1) is 0 Å². The number of aliphatic hydroxyl groups excluding tert-OH is 1. The van der Waals surface area contributed by atoms with Crippen LogP contribution in [0.4, 0.5) is 4.79 Å². The van der Waals surface area contributed by atoms with Gasteiger partial charge in [0.05, 0.1) is 6.10 Å². The standard InChI is InChI=1S/C16H33NO3/c1-6-12-17(15(19)20-16(3,4)5)13-10-8-9-11-14(18)7-2/h14,18H,6-13H2,1-5H3/t14-/m0/s1. The number of nitrogens with zero attached hydrogens (tertiary/aromatic N) is 1. The summed E-state index contributed by atoms with van der Waals surface area (Å²) in [5.74, 6) is 0. The summed E-state index contributed by atoms with van der Waals surface area (Å²) in [5.41, 5.74) is -0.436. The zero-order valence-corrected chi connectivity index (χ0v) is 13.9. The fraction of sp³-hybridized carbons (Fsp3) is 0.938. The van der Waals surface area contributed by atoms with Crippen molar-refractivity contribution >= 4 is 6.09 Å². The number of unbranched alkanes of at least 4 members (excludes halogenated alkanes) is 2. The molecule has 4 nitrogen and oxygen atoms in total. The Balaban J connectivity index is 3.99.